The third-order valence-corrected chi connectivity index (χ3v) is 4.54. The number of nitrogens with zero attached hydrogens (tertiary/aromatic N) is 1. The molecule has 0 aromatic rings. The van der Waals surface area contributed by atoms with Crippen molar-refractivity contribution in [1.82, 2.24) is 4.90 Å². The number of ether oxygens (including phenoxy) is 1. The van der Waals surface area contributed by atoms with Crippen molar-refractivity contribution in [2.24, 2.45) is 0 Å². The second-order valence-corrected chi connectivity index (χ2v) is 4.96. The zero-order valence-corrected chi connectivity index (χ0v) is 9.16. The Morgan fingerprint density at radius 3 is 2.20 bits per heavy atom. The molecule has 3 rings (SSSR count). The predicted molar refractivity (Wildman–Crippen MR) is 56.5 cm³/mol. The van der Waals surface area contributed by atoms with E-state index in [1.165, 1.54) is 20.0 Å². The molecule has 2 atom stereocenters. The summed E-state index contributed by atoms with van der Waals surface area (Å²) in [5, 5.41) is 0. The Morgan fingerprint density at radius 2 is 1.73 bits per heavy atom. The maximum Gasteiger partial charge on any atom is 0.410 e. The molecule has 2 fully saturated rings. The summed E-state index contributed by atoms with van der Waals surface area (Å²) in [6.07, 6.45) is 11.2. The van der Waals surface area contributed by atoms with E-state index in [1.54, 1.807) is 0 Å². The highest BCUT2D eigenvalue weighted by molar-refractivity contribution is 5.76. The normalized spacial score (nSPS) is 41.8. The van der Waals surface area contributed by atoms with E-state index in [-0.39, 0.29) is 17.2 Å². The van der Waals surface area contributed by atoms with Crippen LogP contribution >= 0.6 is 0 Å². The summed E-state index contributed by atoms with van der Waals surface area (Å²) in [5.74, 6) is 0. The SMILES string of the molecule is COC(=O)N1[C@@]23CC=CC[C@]12CCCC3. The molecule has 1 saturated carbocycles. The van der Waals surface area contributed by atoms with Crippen molar-refractivity contribution in [2.45, 2.75) is 49.6 Å². The van der Waals surface area contributed by atoms with Crippen molar-refractivity contribution in [3.05, 3.63) is 12.2 Å². The molecule has 0 bridgehead atoms. The molecule has 0 N–H and O–H groups in total. The number of carbonyl (C=O) groups excluding carboxylic acids is 1. The summed E-state index contributed by atoms with van der Waals surface area (Å²) >= 11 is 0. The first kappa shape index (κ1) is 9.25. The van der Waals surface area contributed by atoms with Crippen molar-refractivity contribution in [3.63, 3.8) is 0 Å². The van der Waals surface area contributed by atoms with E-state index in [0.717, 1.165) is 25.7 Å². The van der Waals surface area contributed by atoms with Crippen LogP contribution in [0.25, 0.3) is 0 Å². The summed E-state index contributed by atoms with van der Waals surface area (Å²) in [6, 6.07) is 0. The minimum Gasteiger partial charge on any atom is -0.453 e. The minimum absolute atomic E-state index is 0.124. The minimum atomic E-state index is -0.124. The fourth-order valence-electron chi connectivity index (χ4n) is 3.85. The zero-order chi connectivity index (χ0) is 10.5. The molecule has 3 aliphatic rings. The van der Waals surface area contributed by atoms with Crippen molar-refractivity contribution < 1.29 is 9.53 Å². The zero-order valence-electron chi connectivity index (χ0n) is 9.16. The van der Waals surface area contributed by atoms with Crippen LogP contribution < -0.4 is 0 Å². The van der Waals surface area contributed by atoms with E-state index in [1.807, 2.05) is 4.90 Å². The van der Waals surface area contributed by atoms with Gasteiger partial charge < -0.3 is 4.74 Å². The Morgan fingerprint density at radius 1 is 1.20 bits per heavy atom. The molecule has 0 spiro atoms. The number of methoxy groups -OCH3 is 1. The van der Waals surface area contributed by atoms with Crippen molar-refractivity contribution in [1.29, 1.82) is 0 Å². The van der Waals surface area contributed by atoms with Gasteiger partial charge in [0.05, 0.1) is 18.2 Å². The van der Waals surface area contributed by atoms with E-state index < -0.39 is 0 Å². The van der Waals surface area contributed by atoms with Gasteiger partial charge in [-0.3, -0.25) is 4.90 Å². The summed E-state index contributed by atoms with van der Waals surface area (Å²) in [5.41, 5.74) is 0.264. The second-order valence-electron chi connectivity index (χ2n) is 4.96. The van der Waals surface area contributed by atoms with Gasteiger partial charge in [0.25, 0.3) is 0 Å². The standard InChI is InChI=1S/C12H17NO2/c1-15-10(14)13-11-6-2-3-7-12(11,13)9-5-4-8-11/h2-3H,4-9H2,1H3/t11-,12-/m1/s1. The lowest BCUT2D eigenvalue weighted by atomic mass is 9.73. The Labute approximate surface area is 90.1 Å². The molecule has 0 unspecified atom stereocenters. The lowest BCUT2D eigenvalue weighted by molar-refractivity contribution is 0.142. The molecule has 3 nitrogen and oxygen atoms in total. The number of hydrogen-bond donors (Lipinski definition) is 0. The van der Waals surface area contributed by atoms with Gasteiger partial charge in [0, 0.05) is 0 Å². The van der Waals surface area contributed by atoms with Gasteiger partial charge in [0.1, 0.15) is 0 Å². The number of likely N-dealkylation sites (tertiary alicyclic amines) is 1. The molecular formula is C12H17NO2. The molecule has 0 aromatic carbocycles. The molecule has 82 valence electrons. The molecule has 0 radical (unpaired) electrons. The van der Waals surface area contributed by atoms with Gasteiger partial charge in [-0.05, 0) is 25.7 Å². The van der Waals surface area contributed by atoms with Gasteiger partial charge in [-0.2, -0.15) is 0 Å². The molecule has 0 aromatic heterocycles. The fourth-order valence-corrected chi connectivity index (χ4v) is 3.85. The van der Waals surface area contributed by atoms with Gasteiger partial charge in [-0.15, -0.1) is 0 Å². The van der Waals surface area contributed by atoms with Crippen molar-refractivity contribution >= 4 is 6.09 Å². The molecule has 2 aliphatic carbocycles. The van der Waals surface area contributed by atoms with E-state index in [4.69, 9.17) is 4.74 Å². The first-order chi connectivity index (χ1) is 7.27. The van der Waals surface area contributed by atoms with Crippen LogP contribution in [-0.2, 0) is 4.74 Å². The fraction of sp³-hybridized carbons (Fsp3) is 0.750. The average Bonchev–Trinajstić information content (AvgIpc) is 2.92. The highest BCUT2D eigenvalue weighted by Crippen LogP contribution is 2.65. The lowest BCUT2D eigenvalue weighted by Gasteiger charge is -2.26. The summed E-state index contributed by atoms with van der Waals surface area (Å²) < 4.78 is 4.91. The number of hydrogen-bond acceptors (Lipinski definition) is 2. The van der Waals surface area contributed by atoms with E-state index in [0.29, 0.717) is 0 Å². The van der Waals surface area contributed by atoms with E-state index >= 15 is 0 Å². The average molecular weight is 207 g/mol. The third kappa shape index (κ3) is 0.894. The summed E-state index contributed by atoms with van der Waals surface area (Å²) in [4.78, 5) is 13.8. The maximum atomic E-state index is 11.8. The van der Waals surface area contributed by atoms with E-state index in [2.05, 4.69) is 12.2 Å². The molecule has 1 amide bonds. The van der Waals surface area contributed by atoms with Gasteiger partial charge in [-0.1, -0.05) is 25.0 Å². The van der Waals surface area contributed by atoms with Crippen LogP contribution in [0.5, 0.6) is 0 Å². The van der Waals surface area contributed by atoms with Crippen LogP contribution in [0.3, 0.4) is 0 Å². The van der Waals surface area contributed by atoms with Crippen molar-refractivity contribution in [3.8, 4) is 0 Å². The van der Waals surface area contributed by atoms with Crippen LogP contribution in [-0.4, -0.2) is 29.2 Å². The highest BCUT2D eigenvalue weighted by atomic mass is 16.5. The molecule has 1 heterocycles. The molecule has 3 heteroatoms. The van der Waals surface area contributed by atoms with Crippen LogP contribution in [0, 0.1) is 0 Å². The predicted octanol–water partition coefficient (Wildman–Crippen LogP) is 2.47. The maximum absolute atomic E-state index is 11.8. The Balaban J connectivity index is 1.96. The monoisotopic (exact) mass is 207 g/mol. The first-order valence-electron chi connectivity index (χ1n) is 5.80. The van der Waals surface area contributed by atoms with E-state index in [9.17, 15) is 4.79 Å². The summed E-state index contributed by atoms with van der Waals surface area (Å²) in [7, 11) is 1.49. The number of amides is 1. The van der Waals surface area contributed by atoms with Crippen LogP contribution in [0.1, 0.15) is 38.5 Å². The lowest BCUT2D eigenvalue weighted by Crippen LogP contribution is -2.30. The molecule has 15 heavy (non-hydrogen) atoms. The second kappa shape index (κ2) is 2.77. The number of carbonyl (C=O) groups is 1. The topological polar surface area (TPSA) is 29.3 Å². The van der Waals surface area contributed by atoms with Gasteiger partial charge in [-0.25, -0.2) is 4.79 Å². The Bertz CT molecular complexity index is 315. The molecule has 1 saturated heterocycles. The van der Waals surface area contributed by atoms with Gasteiger partial charge in [0.15, 0.2) is 0 Å². The molecule has 1 aliphatic heterocycles. The van der Waals surface area contributed by atoms with Crippen LogP contribution in [0.4, 0.5) is 4.79 Å². The smallest absolute Gasteiger partial charge is 0.410 e. The largest absolute Gasteiger partial charge is 0.453 e. The van der Waals surface area contributed by atoms with Crippen LogP contribution in [0.2, 0.25) is 0 Å². The highest BCUT2D eigenvalue weighted by Gasteiger charge is 2.76. The third-order valence-electron chi connectivity index (χ3n) is 4.54. The number of rotatable bonds is 0. The quantitative estimate of drug-likeness (QED) is 0.451. The Kier molecular flexibility index (Phi) is 1.71. The van der Waals surface area contributed by atoms with Gasteiger partial charge in [0.2, 0.25) is 0 Å². The summed E-state index contributed by atoms with van der Waals surface area (Å²) in [6.45, 7) is 0. The molecular weight excluding hydrogens is 190 g/mol. The van der Waals surface area contributed by atoms with Gasteiger partial charge >= 0.3 is 6.09 Å². The van der Waals surface area contributed by atoms with Crippen LogP contribution in [0.15, 0.2) is 12.2 Å². The Hall–Kier alpha value is -0.990. The van der Waals surface area contributed by atoms with Crippen molar-refractivity contribution in [2.75, 3.05) is 7.11 Å². The first-order valence-corrected chi connectivity index (χ1v) is 5.80.